The number of amides is 1. The molecule has 30 heavy (non-hydrogen) atoms. The third-order valence-corrected chi connectivity index (χ3v) is 5.59. The Morgan fingerprint density at radius 1 is 1.10 bits per heavy atom. The number of benzene rings is 2. The zero-order valence-corrected chi connectivity index (χ0v) is 17.1. The average Bonchev–Trinajstić information content (AvgIpc) is 2.76. The predicted molar refractivity (Wildman–Crippen MR) is 121 cm³/mol. The highest BCUT2D eigenvalue weighted by Crippen LogP contribution is 2.23. The minimum Gasteiger partial charge on any atom is -0.324 e. The number of nitrogens with one attached hydrogen (secondary N) is 2. The zero-order valence-electron chi connectivity index (χ0n) is 16.3. The van der Waals surface area contributed by atoms with Crippen LogP contribution in [0.15, 0.2) is 70.4 Å². The SMILES string of the molecule is CSCC[C@@H](C(=O)Nc1cccc2ncccc12)n1c(=O)[nH]c2ccccc2c1=O. The number of fused-ring (bicyclic) bond motifs is 2. The van der Waals surface area contributed by atoms with E-state index >= 15 is 0 Å². The highest BCUT2D eigenvalue weighted by Gasteiger charge is 2.25. The molecule has 0 aliphatic heterocycles. The Labute approximate surface area is 176 Å². The summed E-state index contributed by atoms with van der Waals surface area (Å²) in [6.07, 6.45) is 3.94. The van der Waals surface area contributed by atoms with E-state index in [4.69, 9.17) is 0 Å². The molecule has 2 aromatic carbocycles. The summed E-state index contributed by atoms with van der Waals surface area (Å²) in [4.78, 5) is 46.1. The fourth-order valence-electron chi connectivity index (χ4n) is 3.49. The second-order valence-electron chi connectivity index (χ2n) is 6.81. The predicted octanol–water partition coefficient (Wildman–Crippen LogP) is 3.17. The first-order valence-electron chi connectivity index (χ1n) is 9.47. The summed E-state index contributed by atoms with van der Waals surface area (Å²) in [5.74, 6) is 0.205. The van der Waals surface area contributed by atoms with Gasteiger partial charge in [0.15, 0.2) is 0 Å². The summed E-state index contributed by atoms with van der Waals surface area (Å²) < 4.78 is 1.03. The Morgan fingerprint density at radius 3 is 2.73 bits per heavy atom. The number of carbonyl (C=O) groups is 1. The van der Waals surface area contributed by atoms with Crippen molar-refractivity contribution in [3.05, 3.63) is 81.6 Å². The molecule has 0 spiro atoms. The van der Waals surface area contributed by atoms with Gasteiger partial charge in [0.2, 0.25) is 5.91 Å². The first-order chi connectivity index (χ1) is 14.6. The summed E-state index contributed by atoms with van der Waals surface area (Å²) in [5, 5.41) is 4.05. The number of rotatable bonds is 6. The molecule has 0 saturated heterocycles. The molecule has 2 heterocycles. The lowest BCUT2D eigenvalue weighted by Crippen LogP contribution is -2.43. The summed E-state index contributed by atoms with van der Waals surface area (Å²) in [6, 6.07) is 14.9. The van der Waals surface area contributed by atoms with Gasteiger partial charge < -0.3 is 10.3 Å². The molecule has 2 N–H and O–H groups in total. The molecule has 1 atom stereocenters. The Kier molecular flexibility index (Phi) is 5.67. The van der Waals surface area contributed by atoms with Crippen LogP contribution < -0.4 is 16.6 Å². The normalized spacial score (nSPS) is 12.2. The summed E-state index contributed by atoms with van der Waals surface area (Å²) >= 11 is 1.55. The number of hydrogen-bond acceptors (Lipinski definition) is 5. The number of H-pyrrole nitrogens is 1. The first kappa shape index (κ1) is 19.9. The van der Waals surface area contributed by atoms with Crippen LogP contribution in [0, 0.1) is 0 Å². The fourth-order valence-corrected chi connectivity index (χ4v) is 3.95. The number of thioether (sulfide) groups is 1. The van der Waals surface area contributed by atoms with Crippen molar-refractivity contribution in [1.82, 2.24) is 14.5 Å². The lowest BCUT2D eigenvalue weighted by Gasteiger charge is -2.19. The van der Waals surface area contributed by atoms with E-state index in [0.717, 1.165) is 15.5 Å². The van der Waals surface area contributed by atoms with Crippen molar-refractivity contribution < 1.29 is 4.79 Å². The van der Waals surface area contributed by atoms with Crippen molar-refractivity contribution in [2.45, 2.75) is 12.5 Å². The molecular formula is C22H20N4O3S. The van der Waals surface area contributed by atoms with Crippen LogP contribution in [0.1, 0.15) is 12.5 Å². The highest BCUT2D eigenvalue weighted by atomic mass is 32.2. The van der Waals surface area contributed by atoms with Crippen molar-refractivity contribution in [2.24, 2.45) is 0 Å². The highest BCUT2D eigenvalue weighted by molar-refractivity contribution is 7.98. The molecule has 8 heteroatoms. The summed E-state index contributed by atoms with van der Waals surface area (Å²) in [6.45, 7) is 0. The number of anilines is 1. The first-order valence-corrected chi connectivity index (χ1v) is 10.9. The molecule has 0 radical (unpaired) electrons. The molecule has 1 amide bonds. The van der Waals surface area contributed by atoms with Crippen LogP contribution in [0.5, 0.6) is 0 Å². The molecule has 4 rings (SSSR count). The van der Waals surface area contributed by atoms with Crippen molar-refractivity contribution >= 4 is 45.2 Å². The van der Waals surface area contributed by atoms with E-state index in [1.54, 1.807) is 60.4 Å². The molecule has 7 nitrogen and oxygen atoms in total. The molecular weight excluding hydrogens is 400 g/mol. The van der Waals surface area contributed by atoms with Crippen molar-refractivity contribution in [1.29, 1.82) is 0 Å². The Hall–Kier alpha value is -3.39. The van der Waals surface area contributed by atoms with E-state index in [-0.39, 0.29) is 0 Å². The van der Waals surface area contributed by atoms with Crippen LogP contribution in [-0.4, -0.2) is 32.5 Å². The summed E-state index contributed by atoms with van der Waals surface area (Å²) in [5.41, 5.74) is 0.712. The Balaban J connectivity index is 1.78. The number of carbonyl (C=O) groups excluding carboxylic acids is 1. The van der Waals surface area contributed by atoms with E-state index in [0.29, 0.717) is 28.8 Å². The molecule has 0 fully saturated rings. The van der Waals surface area contributed by atoms with E-state index in [1.807, 2.05) is 18.4 Å². The monoisotopic (exact) mass is 420 g/mol. The van der Waals surface area contributed by atoms with Gasteiger partial charge in [-0.1, -0.05) is 18.2 Å². The quantitative estimate of drug-likeness (QED) is 0.499. The zero-order chi connectivity index (χ0) is 21.1. The van der Waals surface area contributed by atoms with E-state index in [2.05, 4.69) is 15.3 Å². The minimum absolute atomic E-state index is 0.345. The number of hydrogen-bond donors (Lipinski definition) is 2. The second kappa shape index (κ2) is 8.54. The molecule has 0 aliphatic rings. The summed E-state index contributed by atoms with van der Waals surface area (Å²) in [7, 11) is 0. The van der Waals surface area contributed by atoms with Crippen molar-refractivity contribution in [3.8, 4) is 0 Å². The minimum atomic E-state index is -0.940. The van der Waals surface area contributed by atoms with Crippen LogP contribution >= 0.6 is 11.8 Å². The smallest absolute Gasteiger partial charge is 0.324 e. The number of para-hydroxylation sites is 1. The third-order valence-electron chi connectivity index (χ3n) is 4.95. The molecule has 152 valence electrons. The molecule has 4 aromatic rings. The molecule has 0 aliphatic carbocycles. The average molecular weight is 420 g/mol. The lowest BCUT2D eigenvalue weighted by molar-refractivity contribution is -0.119. The lowest BCUT2D eigenvalue weighted by atomic mass is 10.1. The topological polar surface area (TPSA) is 96.8 Å². The van der Waals surface area contributed by atoms with E-state index in [9.17, 15) is 14.4 Å². The van der Waals surface area contributed by atoms with Gasteiger partial charge >= 0.3 is 5.69 Å². The van der Waals surface area contributed by atoms with Gasteiger partial charge in [-0.25, -0.2) is 9.36 Å². The van der Waals surface area contributed by atoms with Gasteiger partial charge in [-0.05, 0) is 54.8 Å². The Morgan fingerprint density at radius 2 is 1.90 bits per heavy atom. The largest absolute Gasteiger partial charge is 0.329 e. The number of pyridine rings is 1. The van der Waals surface area contributed by atoms with Gasteiger partial charge in [0.25, 0.3) is 5.56 Å². The van der Waals surface area contributed by atoms with Gasteiger partial charge in [0, 0.05) is 11.6 Å². The standard InChI is InChI=1S/C22H20N4O3S/c1-30-13-11-19(26-21(28)15-6-2-3-8-18(15)25-22(26)29)20(27)24-17-10-4-9-16-14(17)7-5-12-23-16/h2-10,12,19H,11,13H2,1H3,(H,24,27)(H,25,29)/t19-/m0/s1. The maximum absolute atomic E-state index is 13.2. The van der Waals surface area contributed by atoms with Crippen molar-refractivity contribution in [2.75, 3.05) is 17.3 Å². The van der Waals surface area contributed by atoms with E-state index < -0.39 is 23.2 Å². The van der Waals surface area contributed by atoms with Gasteiger partial charge in [-0.3, -0.25) is 14.6 Å². The van der Waals surface area contributed by atoms with Gasteiger partial charge in [0.05, 0.1) is 22.1 Å². The number of aromatic amines is 1. The maximum Gasteiger partial charge on any atom is 0.329 e. The van der Waals surface area contributed by atoms with Crippen LogP contribution in [0.4, 0.5) is 5.69 Å². The fraction of sp³-hybridized carbons (Fsp3) is 0.182. The molecule has 2 aromatic heterocycles. The van der Waals surface area contributed by atoms with Crippen LogP contribution in [0.25, 0.3) is 21.8 Å². The van der Waals surface area contributed by atoms with Gasteiger partial charge in [-0.2, -0.15) is 11.8 Å². The number of nitrogens with zero attached hydrogens (tertiary/aromatic N) is 2. The van der Waals surface area contributed by atoms with Crippen LogP contribution in [0.2, 0.25) is 0 Å². The molecule has 0 bridgehead atoms. The molecule has 0 unspecified atom stereocenters. The van der Waals surface area contributed by atoms with Crippen LogP contribution in [-0.2, 0) is 4.79 Å². The van der Waals surface area contributed by atoms with Crippen molar-refractivity contribution in [3.63, 3.8) is 0 Å². The van der Waals surface area contributed by atoms with Crippen LogP contribution in [0.3, 0.4) is 0 Å². The van der Waals surface area contributed by atoms with Gasteiger partial charge in [0.1, 0.15) is 6.04 Å². The maximum atomic E-state index is 13.2. The Bertz CT molecular complexity index is 1340. The number of aromatic nitrogens is 3. The third kappa shape index (κ3) is 3.73. The van der Waals surface area contributed by atoms with E-state index in [1.165, 1.54) is 0 Å². The van der Waals surface area contributed by atoms with Gasteiger partial charge in [-0.15, -0.1) is 0 Å². The second-order valence-corrected chi connectivity index (χ2v) is 7.80. The molecule has 0 saturated carbocycles.